The summed E-state index contributed by atoms with van der Waals surface area (Å²) in [7, 11) is 0. The second kappa shape index (κ2) is 4.11. The van der Waals surface area contributed by atoms with Crippen LogP contribution < -0.4 is 5.73 Å². The summed E-state index contributed by atoms with van der Waals surface area (Å²) in [6.07, 6.45) is 5.26. The van der Waals surface area contributed by atoms with E-state index in [0.29, 0.717) is 0 Å². The topological polar surface area (TPSA) is 83.6 Å². The second-order valence-corrected chi connectivity index (χ2v) is 3.27. The molecule has 1 saturated heterocycles. The van der Waals surface area contributed by atoms with Crippen molar-refractivity contribution in [3.8, 4) is 12.3 Å². The van der Waals surface area contributed by atoms with Crippen molar-refractivity contribution in [2.45, 2.75) is 24.9 Å². The number of carboxylic acid groups (broad SMARTS) is 1. The Labute approximate surface area is 81.9 Å². The normalized spacial score (nSPS) is 23.3. The number of hydrogen-bond donors (Lipinski definition) is 2. The van der Waals surface area contributed by atoms with Crippen molar-refractivity contribution in [2.24, 2.45) is 5.73 Å². The summed E-state index contributed by atoms with van der Waals surface area (Å²) in [6.45, 7) is 0.275. The van der Waals surface area contributed by atoms with Gasteiger partial charge in [-0.25, -0.2) is 4.79 Å². The zero-order valence-corrected chi connectivity index (χ0v) is 7.64. The molecule has 5 nitrogen and oxygen atoms in total. The van der Waals surface area contributed by atoms with Crippen molar-refractivity contribution in [1.29, 1.82) is 0 Å². The van der Waals surface area contributed by atoms with Gasteiger partial charge in [0.15, 0.2) is 0 Å². The Kier molecular flexibility index (Phi) is 3.10. The maximum absolute atomic E-state index is 11.3. The van der Waals surface area contributed by atoms with Crippen LogP contribution in [0.2, 0.25) is 0 Å². The highest BCUT2D eigenvalue weighted by Gasteiger charge is 2.35. The van der Waals surface area contributed by atoms with Gasteiger partial charge in [0.05, 0.1) is 0 Å². The Morgan fingerprint density at radius 1 is 1.86 bits per heavy atom. The summed E-state index contributed by atoms with van der Waals surface area (Å²) < 4.78 is 0. The van der Waals surface area contributed by atoms with Crippen LogP contribution in [0.15, 0.2) is 0 Å². The van der Waals surface area contributed by atoms with E-state index in [1.54, 1.807) is 0 Å². The third kappa shape index (κ3) is 2.03. The van der Waals surface area contributed by atoms with Crippen molar-refractivity contribution in [1.82, 2.24) is 4.90 Å². The lowest BCUT2D eigenvalue weighted by Gasteiger charge is -2.22. The molecular weight excluding hydrogens is 184 g/mol. The number of carbonyl (C=O) groups is 2. The highest BCUT2D eigenvalue weighted by atomic mass is 16.4. The van der Waals surface area contributed by atoms with Crippen molar-refractivity contribution >= 4 is 11.9 Å². The number of aliphatic carboxylic acids is 1. The summed E-state index contributed by atoms with van der Waals surface area (Å²) in [6, 6.07) is -1.21. The molecule has 1 aliphatic heterocycles. The third-order valence-corrected chi connectivity index (χ3v) is 2.16. The van der Waals surface area contributed by atoms with E-state index in [1.165, 1.54) is 4.90 Å². The van der Waals surface area contributed by atoms with Crippen molar-refractivity contribution in [2.75, 3.05) is 6.54 Å². The van der Waals surface area contributed by atoms with Crippen LogP contribution in [0.1, 0.15) is 12.8 Å². The highest BCUT2D eigenvalue weighted by Crippen LogP contribution is 2.15. The van der Waals surface area contributed by atoms with E-state index in [-0.39, 0.29) is 31.3 Å². The lowest BCUT2D eigenvalue weighted by Crippen LogP contribution is -2.42. The molecule has 0 radical (unpaired) electrons. The molecule has 5 heteroatoms. The van der Waals surface area contributed by atoms with Gasteiger partial charge in [-0.05, 0) is 0 Å². The molecule has 1 rings (SSSR count). The number of terminal acetylenes is 1. The van der Waals surface area contributed by atoms with E-state index in [0.717, 1.165) is 0 Å². The van der Waals surface area contributed by atoms with Crippen LogP contribution in [-0.4, -0.2) is 40.5 Å². The summed E-state index contributed by atoms with van der Waals surface area (Å²) in [5, 5.41) is 8.84. The minimum Gasteiger partial charge on any atom is -0.480 e. The highest BCUT2D eigenvalue weighted by molar-refractivity contribution is 5.85. The molecule has 0 aromatic rings. The van der Waals surface area contributed by atoms with Crippen LogP contribution in [0, 0.1) is 12.3 Å². The van der Waals surface area contributed by atoms with Gasteiger partial charge in [-0.15, -0.1) is 12.3 Å². The number of amides is 1. The van der Waals surface area contributed by atoms with E-state index in [2.05, 4.69) is 5.92 Å². The Morgan fingerprint density at radius 2 is 2.50 bits per heavy atom. The number of rotatable bonds is 3. The van der Waals surface area contributed by atoms with Crippen LogP contribution in [0.5, 0.6) is 0 Å². The number of carbonyl (C=O) groups excluding carboxylic acids is 1. The van der Waals surface area contributed by atoms with Crippen molar-refractivity contribution < 1.29 is 14.7 Å². The minimum absolute atomic E-state index is 0.0216. The predicted octanol–water partition coefficient (Wildman–Crippen LogP) is -0.977. The lowest BCUT2D eigenvalue weighted by molar-refractivity contribution is -0.148. The van der Waals surface area contributed by atoms with Crippen LogP contribution in [0.4, 0.5) is 0 Å². The summed E-state index contributed by atoms with van der Waals surface area (Å²) >= 11 is 0. The molecule has 14 heavy (non-hydrogen) atoms. The lowest BCUT2D eigenvalue weighted by atomic mass is 10.2. The smallest absolute Gasteiger partial charge is 0.327 e. The maximum Gasteiger partial charge on any atom is 0.327 e. The fourth-order valence-corrected chi connectivity index (χ4v) is 1.50. The Bertz CT molecular complexity index is 295. The molecular formula is C9H12N2O3. The fraction of sp³-hybridized carbons (Fsp3) is 0.556. The van der Waals surface area contributed by atoms with Gasteiger partial charge in [0.25, 0.3) is 0 Å². The SMILES string of the molecule is C#CCC(C(=O)O)N1CC(N)CC1=O. The molecule has 1 heterocycles. The summed E-state index contributed by atoms with van der Waals surface area (Å²) in [5.41, 5.74) is 5.54. The number of hydrogen-bond acceptors (Lipinski definition) is 3. The van der Waals surface area contributed by atoms with Gasteiger partial charge in [-0.1, -0.05) is 0 Å². The first-order valence-electron chi connectivity index (χ1n) is 4.27. The fourth-order valence-electron chi connectivity index (χ4n) is 1.50. The zero-order valence-electron chi connectivity index (χ0n) is 7.64. The number of carboxylic acids is 1. The minimum atomic E-state index is -1.08. The van der Waals surface area contributed by atoms with Crippen LogP contribution in [-0.2, 0) is 9.59 Å². The van der Waals surface area contributed by atoms with Gasteiger partial charge in [-0.3, -0.25) is 4.79 Å². The average molecular weight is 196 g/mol. The largest absolute Gasteiger partial charge is 0.480 e. The predicted molar refractivity (Wildman–Crippen MR) is 49.2 cm³/mol. The molecule has 0 aromatic carbocycles. The molecule has 1 aliphatic rings. The average Bonchev–Trinajstić information content (AvgIpc) is 2.40. The first-order chi connectivity index (χ1) is 6.56. The quantitative estimate of drug-likeness (QED) is 0.568. The molecule has 2 unspecified atom stereocenters. The van der Waals surface area contributed by atoms with Crippen LogP contribution >= 0.6 is 0 Å². The van der Waals surface area contributed by atoms with E-state index in [9.17, 15) is 9.59 Å². The van der Waals surface area contributed by atoms with Crippen molar-refractivity contribution in [3.63, 3.8) is 0 Å². The van der Waals surface area contributed by atoms with E-state index in [4.69, 9.17) is 17.3 Å². The molecule has 0 aliphatic carbocycles. The van der Waals surface area contributed by atoms with Gasteiger partial charge < -0.3 is 15.7 Å². The van der Waals surface area contributed by atoms with Crippen LogP contribution in [0.3, 0.4) is 0 Å². The van der Waals surface area contributed by atoms with Crippen LogP contribution in [0.25, 0.3) is 0 Å². The van der Waals surface area contributed by atoms with Gasteiger partial charge in [-0.2, -0.15) is 0 Å². The first-order valence-corrected chi connectivity index (χ1v) is 4.27. The monoisotopic (exact) mass is 196 g/mol. The van der Waals surface area contributed by atoms with Gasteiger partial charge in [0.1, 0.15) is 6.04 Å². The maximum atomic E-state index is 11.3. The molecule has 1 amide bonds. The second-order valence-electron chi connectivity index (χ2n) is 3.27. The van der Waals surface area contributed by atoms with E-state index >= 15 is 0 Å². The Hall–Kier alpha value is -1.54. The molecule has 0 spiro atoms. The number of nitrogens with zero attached hydrogens (tertiary/aromatic N) is 1. The van der Waals surface area contributed by atoms with Gasteiger partial charge in [0.2, 0.25) is 5.91 Å². The molecule has 76 valence electrons. The summed E-state index contributed by atoms with van der Waals surface area (Å²) in [4.78, 5) is 23.4. The molecule has 2 atom stereocenters. The van der Waals surface area contributed by atoms with E-state index < -0.39 is 12.0 Å². The Balaban J connectivity index is 2.74. The van der Waals surface area contributed by atoms with E-state index in [1.807, 2.05) is 0 Å². The number of likely N-dealkylation sites (tertiary alicyclic amines) is 1. The summed E-state index contributed by atoms with van der Waals surface area (Å²) in [5.74, 6) is 0.932. The Morgan fingerprint density at radius 3 is 2.86 bits per heavy atom. The third-order valence-electron chi connectivity index (χ3n) is 2.16. The zero-order chi connectivity index (χ0) is 10.7. The molecule has 0 bridgehead atoms. The molecule has 0 saturated carbocycles. The molecule has 3 N–H and O–H groups in total. The van der Waals surface area contributed by atoms with Gasteiger partial charge >= 0.3 is 5.97 Å². The molecule has 0 aromatic heterocycles. The molecule has 1 fully saturated rings. The number of nitrogens with two attached hydrogens (primary N) is 1. The standard InChI is InChI=1S/C9H12N2O3/c1-2-3-7(9(13)14)11-5-6(10)4-8(11)12/h1,6-7H,3-5,10H2,(H,13,14). The first kappa shape index (κ1) is 10.5. The van der Waals surface area contributed by atoms with Gasteiger partial charge in [0, 0.05) is 25.4 Å². The van der Waals surface area contributed by atoms with Crippen molar-refractivity contribution in [3.05, 3.63) is 0 Å².